The topological polar surface area (TPSA) is 6.48 Å². The number of allylic oxidation sites excluding steroid dienone is 2. The highest BCUT2D eigenvalue weighted by Gasteiger charge is 2.16. The van der Waals surface area contributed by atoms with E-state index in [1.165, 1.54) is 55.9 Å². The Hall–Kier alpha value is -6.64. The van der Waals surface area contributed by atoms with Gasteiger partial charge in [-0.15, -0.1) is 0 Å². The van der Waals surface area contributed by atoms with Gasteiger partial charge in [-0.2, -0.15) is 0 Å². The highest BCUT2D eigenvalue weighted by molar-refractivity contribution is 5.81. The molecule has 7 aromatic rings. The van der Waals surface area contributed by atoms with E-state index in [1.807, 2.05) is 12.1 Å². The van der Waals surface area contributed by atoms with Crippen molar-refractivity contribution in [3.63, 3.8) is 0 Å². The first-order chi connectivity index (χ1) is 26.9. The Kier molecular flexibility index (Phi) is 11.4. The summed E-state index contributed by atoms with van der Waals surface area (Å²) in [6.07, 6.45) is 9.44. The van der Waals surface area contributed by atoms with Gasteiger partial charge in [-0.05, 0) is 138 Å². The van der Waals surface area contributed by atoms with E-state index < -0.39 is 0 Å². The van der Waals surface area contributed by atoms with Crippen LogP contribution in [0.25, 0.3) is 34.4 Å². The van der Waals surface area contributed by atoms with E-state index in [1.54, 1.807) is 0 Å². The summed E-state index contributed by atoms with van der Waals surface area (Å²) in [4.78, 5) is 4.62. The molecule has 2 nitrogen and oxygen atoms in total. The zero-order valence-corrected chi connectivity index (χ0v) is 32.3. The smallest absolute Gasteiger partial charge is 0.0490 e. The van der Waals surface area contributed by atoms with Crippen molar-refractivity contribution in [2.24, 2.45) is 0 Å². The molecule has 0 aromatic heterocycles. The molecule has 0 atom stereocenters. The lowest BCUT2D eigenvalue weighted by Gasteiger charge is -2.28. The molecular formula is C53H48N2. The van der Waals surface area contributed by atoms with Gasteiger partial charge in [0.05, 0.1) is 0 Å². The summed E-state index contributed by atoms with van der Waals surface area (Å²) in [7, 11) is 0. The van der Waals surface area contributed by atoms with Gasteiger partial charge >= 0.3 is 0 Å². The molecular weight excluding hydrogens is 665 g/mol. The van der Waals surface area contributed by atoms with Gasteiger partial charge in [-0.1, -0.05) is 147 Å². The minimum atomic E-state index is 0.938. The van der Waals surface area contributed by atoms with Crippen LogP contribution in [-0.2, 0) is 0 Å². The van der Waals surface area contributed by atoms with E-state index in [0.717, 1.165) is 34.7 Å². The van der Waals surface area contributed by atoms with E-state index in [-0.39, 0.29) is 0 Å². The van der Waals surface area contributed by atoms with Crippen LogP contribution in [0.3, 0.4) is 0 Å². The molecule has 2 heteroatoms. The molecule has 270 valence electrons. The quantitative estimate of drug-likeness (QED) is 0.0919. The molecule has 0 radical (unpaired) electrons. The largest absolute Gasteiger partial charge is 0.311 e. The van der Waals surface area contributed by atoms with Gasteiger partial charge in [-0.25, -0.2) is 0 Å². The van der Waals surface area contributed by atoms with Crippen LogP contribution in [0.1, 0.15) is 41.2 Å². The molecule has 7 aromatic carbocycles. The van der Waals surface area contributed by atoms with Crippen molar-refractivity contribution in [2.45, 2.75) is 34.1 Å². The average molecular weight is 713 g/mol. The maximum absolute atomic E-state index is 4.09. The van der Waals surface area contributed by atoms with Gasteiger partial charge in [0, 0.05) is 34.1 Å². The van der Waals surface area contributed by atoms with Crippen molar-refractivity contribution >= 4 is 40.6 Å². The number of aryl methyl sites for hydroxylation is 3. The molecule has 0 amide bonds. The lowest BCUT2D eigenvalue weighted by Crippen LogP contribution is -2.14. The van der Waals surface area contributed by atoms with Crippen LogP contribution >= 0.6 is 0 Å². The van der Waals surface area contributed by atoms with Crippen LogP contribution in [0, 0.1) is 20.8 Å². The van der Waals surface area contributed by atoms with Crippen LogP contribution < -0.4 is 9.80 Å². The molecule has 0 aliphatic rings. The number of anilines is 5. The number of benzene rings is 7. The molecule has 0 fully saturated rings. The van der Waals surface area contributed by atoms with Gasteiger partial charge in [0.15, 0.2) is 0 Å². The van der Waals surface area contributed by atoms with Crippen molar-refractivity contribution < 1.29 is 0 Å². The second-order valence-corrected chi connectivity index (χ2v) is 14.1. The van der Waals surface area contributed by atoms with E-state index in [9.17, 15) is 0 Å². The Bertz CT molecular complexity index is 2400. The first kappa shape index (κ1) is 36.7. The van der Waals surface area contributed by atoms with Gasteiger partial charge < -0.3 is 9.80 Å². The number of hydrogen-bond donors (Lipinski definition) is 0. The number of nitrogens with zero attached hydrogens (tertiary/aromatic N) is 2. The Morgan fingerprint density at radius 3 is 1.44 bits per heavy atom. The van der Waals surface area contributed by atoms with E-state index in [2.05, 4.69) is 226 Å². The summed E-state index contributed by atoms with van der Waals surface area (Å²) in [5.74, 6) is 0. The van der Waals surface area contributed by atoms with E-state index in [4.69, 9.17) is 0 Å². The molecule has 0 aliphatic heterocycles. The Labute approximate surface area is 327 Å². The van der Waals surface area contributed by atoms with Gasteiger partial charge in [0.1, 0.15) is 0 Å². The summed E-state index contributed by atoms with van der Waals surface area (Å²) < 4.78 is 0. The predicted octanol–water partition coefficient (Wildman–Crippen LogP) is 15.2. The molecule has 0 saturated heterocycles. The van der Waals surface area contributed by atoms with Crippen molar-refractivity contribution in [3.05, 3.63) is 222 Å². The second-order valence-electron chi connectivity index (χ2n) is 14.1. The highest BCUT2D eigenvalue weighted by Crippen LogP contribution is 2.38. The molecule has 0 unspecified atom stereocenters. The third-order valence-electron chi connectivity index (χ3n) is 9.92. The molecule has 0 bridgehead atoms. The Balaban J connectivity index is 1.04. The third kappa shape index (κ3) is 8.61. The lowest BCUT2D eigenvalue weighted by atomic mass is 10.0. The summed E-state index contributed by atoms with van der Waals surface area (Å²) in [6, 6.07) is 61.0. The maximum Gasteiger partial charge on any atom is 0.0490 e. The minimum Gasteiger partial charge on any atom is -0.311 e. The fraction of sp³-hybridized carbons (Fsp3) is 0.0943. The van der Waals surface area contributed by atoms with Gasteiger partial charge in [0.25, 0.3) is 0 Å². The first-order valence-corrected chi connectivity index (χ1v) is 19.1. The number of para-hydroxylation sites is 2. The van der Waals surface area contributed by atoms with E-state index in [0.29, 0.717) is 0 Å². The maximum atomic E-state index is 4.09. The zero-order chi connectivity index (χ0) is 38.1. The van der Waals surface area contributed by atoms with Gasteiger partial charge in [0.2, 0.25) is 0 Å². The van der Waals surface area contributed by atoms with Gasteiger partial charge in [-0.3, -0.25) is 0 Å². The molecule has 0 spiro atoms. The summed E-state index contributed by atoms with van der Waals surface area (Å²) in [5.41, 5.74) is 17.7. The van der Waals surface area contributed by atoms with Crippen LogP contribution in [0.5, 0.6) is 0 Å². The van der Waals surface area contributed by atoms with Crippen molar-refractivity contribution in [1.82, 2.24) is 0 Å². The number of hydrogen-bond acceptors (Lipinski definition) is 2. The van der Waals surface area contributed by atoms with Crippen molar-refractivity contribution in [2.75, 3.05) is 9.80 Å². The van der Waals surface area contributed by atoms with Crippen LogP contribution in [0.4, 0.5) is 28.4 Å². The minimum absolute atomic E-state index is 0.938. The first-order valence-electron chi connectivity index (χ1n) is 19.1. The average Bonchev–Trinajstić information content (AvgIpc) is 3.22. The fourth-order valence-electron chi connectivity index (χ4n) is 7.19. The summed E-state index contributed by atoms with van der Waals surface area (Å²) >= 11 is 0. The SMILES string of the molecule is C=CC(=CCC)N(c1ccccc1)c1ccc(-c2ccc(C=Cc3ccc(-c4ccc(N(c5cc(C)cc(C)c5)c5ccccc5C)cc4)cc3)cc2)cc1. The van der Waals surface area contributed by atoms with Crippen molar-refractivity contribution in [3.8, 4) is 22.3 Å². The highest BCUT2D eigenvalue weighted by atomic mass is 15.1. The molecule has 55 heavy (non-hydrogen) atoms. The summed E-state index contributed by atoms with van der Waals surface area (Å²) in [6.45, 7) is 12.7. The molecule has 0 aliphatic carbocycles. The second kappa shape index (κ2) is 17.0. The predicted molar refractivity (Wildman–Crippen MR) is 239 cm³/mol. The van der Waals surface area contributed by atoms with Crippen LogP contribution in [0.15, 0.2) is 194 Å². The van der Waals surface area contributed by atoms with E-state index >= 15 is 0 Å². The lowest BCUT2D eigenvalue weighted by molar-refractivity contribution is 1.14. The van der Waals surface area contributed by atoms with Crippen LogP contribution in [0.2, 0.25) is 0 Å². The fourth-order valence-corrected chi connectivity index (χ4v) is 7.19. The monoisotopic (exact) mass is 712 g/mol. The molecule has 0 N–H and O–H groups in total. The Morgan fingerprint density at radius 2 is 0.945 bits per heavy atom. The standard InChI is InChI=1S/C53H48N2/c1-6-13-48(7-2)54(49-15-9-8-10-16-49)50-32-28-46(29-33-50)44-24-20-42(21-25-44)18-19-43-22-26-45(27-23-43)47-30-34-51(35-31-47)55(53-17-12-11-14-41(53)5)52-37-39(3)36-40(4)38-52/h7-38H,2,6H2,1,3-5H3. The third-order valence-corrected chi connectivity index (χ3v) is 9.92. The van der Waals surface area contributed by atoms with Crippen LogP contribution in [-0.4, -0.2) is 0 Å². The normalized spacial score (nSPS) is 11.5. The molecule has 7 rings (SSSR count). The number of rotatable bonds is 12. The van der Waals surface area contributed by atoms with Crippen molar-refractivity contribution in [1.29, 1.82) is 0 Å². The zero-order valence-electron chi connectivity index (χ0n) is 32.3. The summed E-state index contributed by atoms with van der Waals surface area (Å²) in [5, 5.41) is 0. The Morgan fingerprint density at radius 1 is 0.491 bits per heavy atom. The molecule has 0 saturated carbocycles. The molecule has 0 heterocycles.